The molecule has 0 saturated carbocycles. The average molecular weight is 563 g/mol. The summed E-state index contributed by atoms with van der Waals surface area (Å²) in [7, 11) is -0.403. The van der Waals surface area contributed by atoms with Gasteiger partial charge in [0, 0.05) is 36.4 Å². The maximum Gasteiger partial charge on any atom is 0.494 e. The predicted octanol–water partition coefficient (Wildman–Crippen LogP) is 4.47. The number of nitrogens with zero attached hydrogens (tertiary/aromatic N) is 5. The minimum absolute atomic E-state index is 0.165. The number of fused-ring (bicyclic) bond motifs is 1. The van der Waals surface area contributed by atoms with Crippen LogP contribution in [-0.2, 0) is 14.9 Å². The molecule has 0 fully saturated rings. The summed E-state index contributed by atoms with van der Waals surface area (Å²) < 4.78 is 17.5. The Balaban J connectivity index is 1.34. The topological polar surface area (TPSA) is 140 Å². The van der Waals surface area contributed by atoms with Crippen LogP contribution in [0.4, 0.5) is 17.5 Å². The monoisotopic (exact) mass is 563 g/mol. The van der Waals surface area contributed by atoms with Gasteiger partial charge >= 0.3 is 7.12 Å². The van der Waals surface area contributed by atoms with Crippen LogP contribution in [0.2, 0.25) is 0 Å². The Morgan fingerprint density at radius 1 is 1.05 bits per heavy atom. The van der Waals surface area contributed by atoms with E-state index in [2.05, 4.69) is 30.7 Å². The minimum atomic E-state index is -0.516. The van der Waals surface area contributed by atoms with Gasteiger partial charge in [-0.15, -0.1) is 0 Å². The molecule has 0 saturated heterocycles. The number of nitrogens with one attached hydrogen (secondary N) is 2. The lowest BCUT2D eigenvalue weighted by Crippen LogP contribution is -2.32. The molecule has 11 nitrogen and oxygen atoms in total. The molecule has 5 aromatic rings. The lowest BCUT2D eigenvalue weighted by atomic mass is 9.77. The molecule has 1 aliphatic rings. The fraction of sp³-hybridized carbons (Fsp3) is 0.233. The van der Waals surface area contributed by atoms with Crippen LogP contribution in [0.25, 0.3) is 22.8 Å². The normalized spacial score (nSPS) is 14.4. The molecule has 2 aromatic carbocycles. The van der Waals surface area contributed by atoms with E-state index in [4.69, 9.17) is 18.8 Å². The third-order valence-electron chi connectivity index (χ3n) is 6.99. The van der Waals surface area contributed by atoms with Gasteiger partial charge in [-0.25, -0.2) is 4.98 Å². The van der Waals surface area contributed by atoms with Crippen LogP contribution in [0.5, 0.6) is 0 Å². The van der Waals surface area contributed by atoms with Crippen molar-refractivity contribution in [2.75, 3.05) is 23.8 Å². The summed E-state index contributed by atoms with van der Waals surface area (Å²) in [6.07, 6.45) is 4.95. The lowest BCUT2D eigenvalue weighted by molar-refractivity contribution is 0.0867. The first-order chi connectivity index (χ1) is 20.4. The zero-order chi connectivity index (χ0) is 29.1. The molecule has 6 rings (SSSR count). The fourth-order valence-electron chi connectivity index (χ4n) is 4.90. The highest BCUT2D eigenvalue weighted by molar-refractivity contribution is 6.63. The zero-order valence-corrected chi connectivity index (χ0v) is 23.5. The van der Waals surface area contributed by atoms with Gasteiger partial charge in [-0.2, -0.15) is 9.97 Å². The first-order valence-electron chi connectivity index (χ1n) is 13.7. The Labute approximate surface area is 243 Å². The van der Waals surface area contributed by atoms with E-state index in [1.165, 1.54) is 0 Å². The average Bonchev–Trinajstić information content (AvgIpc) is 3.60. The molecule has 12 heteroatoms. The highest BCUT2D eigenvalue weighted by Crippen LogP contribution is 2.34. The van der Waals surface area contributed by atoms with Crippen LogP contribution < -0.4 is 16.1 Å². The molecule has 42 heavy (non-hydrogen) atoms. The van der Waals surface area contributed by atoms with Gasteiger partial charge in [0.05, 0.1) is 18.2 Å². The number of aliphatic hydroxyl groups excluding tert-OH is 1. The van der Waals surface area contributed by atoms with Gasteiger partial charge in [0.2, 0.25) is 11.8 Å². The van der Waals surface area contributed by atoms with Gasteiger partial charge in [-0.05, 0) is 61.6 Å². The third-order valence-corrected chi connectivity index (χ3v) is 6.99. The van der Waals surface area contributed by atoms with E-state index in [0.717, 1.165) is 22.3 Å². The van der Waals surface area contributed by atoms with E-state index < -0.39 is 18.8 Å². The van der Waals surface area contributed by atoms with E-state index in [1.807, 2.05) is 75.4 Å². The van der Waals surface area contributed by atoms with Crippen LogP contribution in [-0.4, -0.2) is 50.5 Å². The zero-order valence-electron chi connectivity index (χ0n) is 23.5. The summed E-state index contributed by atoms with van der Waals surface area (Å²) in [5, 5.41) is 21.0. The number of hydrogen-bond acceptors (Lipinski definition) is 11. The SMILES string of the molecule is CCOB1OC(C)(C)c2cc(Nc3ncc(-c4nc(-c5cccnc5)no4)c(N[C@H](CO)c4ccccc4)n3)ccc21. The van der Waals surface area contributed by atoms with Gasteiger partial charge in [0.15, 0.2) is 0 Å². The molecule has 212 valence electrons. The number of aromatic nitrogens is 5. The minimum Gasteiger partial charge on any atom is -0.408 e. The van der Waals surface area contributed by atoms with Gasteiger partial charge in [-0.1, -0.05) is 41.6 Å². The quantitative estimate of drug-likeness (QED) is 0.207. The maximum absolute atomic E-state index is 10.3. The van der Waals surface area contributed by atoms with Crippen molar-refractivity contribution in [2.24, 2.45) is 0 Å². The van der Waals surface area contributed by atoms with Crippen LogP contribution in [0.1, 0.15) is 37.9 Å². The lowest BCUT2D eigenvalue weighted by Gasteiger charge is -2.21. The molecule has 0 spiro atoms. The molecule has 4 heterocycles. The third kappa shape index (κ3) is 5.60. The van der Waals surface area contributed by atoms with Crippen molar-refractivity contribution < 1.29 is 18.9 Å². The molecule has 0 radical (unpaired) electrons. The highest BCUT2D eigenvalue weighted by Gasteiger charge is 2.42. The largest absolute Gasteiger partial charge is 0.494 e. The van der Waals surface area contributed by atoms with Crippen molar-refractivity contribution in [3.8, 4) is 22.8 Å². The van der Waals surface area contributed by atoms with E-state index in [0.29, 0.717) is 35.3 Å². The highest BCUT2D eigenvalue weighted by atomic mass is 16.6. The Bertz CT molecular complexity index is 1670. The second kappa shape index (κ2) is 11.7. The van der Waals surface area contributed by atoms with Crippen LogP contribution in [0.15, 0.2) is 83.8 Å². The Morgan fingerprint density at radius 2 is 1.90 bits per heavy atom. The number of rotatable bonds is 10. The molecular formula is C30H30BN7O4. The molecule has 1 atom stereocenters. The van der Waals surface area contributed by atoms with Gasteiger partial charge in [-0.3, -0.25) is 4.98 Å². The Morgan fingerprint density at radius 3 is 2.67 bits per heavy atom. The van der Waals surface area contributed by atoms with E-state index in [-0.39, 0.29) is 12.5 Å². The van der Waals surface area contributed by atoms with Crippen molar-refractivity contribution in [1.82, 2.24) is 25.1 Å². The van der Waals surface area contributed by atoms with Gasteiger partial charge < -0.3 is 29.6 Å². The van der Waals surface area contributed by atoms with Crippen molar-refractivity contribution >= 4 is 30.0 Å². The van der Waals surface area contributed by atoms with Gasteiger partial charge in [0.1, 0.15) is 11.4 Å². The molecule has 3 aromatic heterocycles. The van der Waals surface area contributed by atoms with Crippen molar-refractivity contribution in [3.63, 3.8) is 0 Å². The summed E-state index contributed by atoms with van der Waals surface area (Å²) >= 11 is 0. The Hall–Kier alpha value is -4.65. The van der Waals surface area contributed by atoms with Crippen molar-refractivity contribution in [2.45, 2.75) is 32.4 Å². The smallest absolute Gasteiger partial charge is 0.408 e. The van der Waals surface area contributed by atoms with Crippen LogP contribution in [0.3, 0.4) is 0 Å². The van der Waals surface area contributed by atoms with Crippen LogP contribution in [0, 0.1) is 0 Å². The molecule has 0 bridgehead atoms. The molecule has 3 N–H and O–H groups in total. The second-order valence-corrected chi connectivity index (χ2v) is 10.3. The summed E-state index contributed by atoms with van der Waals surface area (Å²) in [4.78, 5) is 18.0. The summed E-state index contributed by atoms with van der Waals surface area (Å²) in [5.74, 6) is 1.38. The van der Waals surface area contributed by atoms with Crippen molar-refractivity contribution in [1.29, 1.82) is 0 Å². The standard InChI is InChI=1S/C30H30BN7O4/c1-4-40-31-24-13-12-21(15-23(24)30(2,3)42-31)34-29-33-17-22(28-36-26(38-41-28)20-11-8-14-32-16-20)27(37-29)35-25(18-39)19-9-6-5-7-10-19/h5-17,25,39H,4,18H2,1-3H3,(H2,33,34,35,37)/t25-/m1/s1. The number of anilines is 3. The number of benzene rings is 2. The predicted molar refractivity (Wildman–Crippen MR) is 159 cm³/mol. The molecular weight excluding hydrogens is 533 g/mol. The second-order valence-electron chi connectivity index (χ2n) is 10.3. The molecule has 0 aliphatic carbocycles. The molecule has 1 aliphatic heterocycles. The van der Waals surface area contributed by atoms with E-state index >= 15 is 0 Å². The number of aliphatic hydroxyl groups is 1. The Kier molecular flexibility index (Phi) is 7.66. The van der Waals surface area contributed by atoms with Gasteiger partial charge in [0.25, 0.3) is 5.89 Å². The summed E-state index contributed by atoms with van der Waals surface area (Å²) in [5.41, 5.74) is 4.40. The maximum atomic E-state index is 10.3. The first kappa shape index (κ1) is 27.5. The van der Waals surface area contributed by atoms with E-state index in [1.54, 1.807) is 24.7 Å². The van der Waals surface area contributed by atoms with E-state index in [9.17, 15) is 5.11 Å². The number of hydrogen-bond donors (Lipinski definition) is 3. The van der Waals surface area contributed by atoms with Crippen LogP contribution >= 0.6 is 0 Å². The summed E-state index contributed by atoms with van der Waals surface area (Å²) in [6.45, 7) is 6.37. The van der Waals surface area contributed by atoms with Crippen molar-refractivity contribution in [3.05, 3.63) is 90.4 Å². The number of pyridine rings is 1. The fourth-order valence-corrected chi connectivity index (χ4v) is 4.90. The molecule has 0 unspecified atom stereocenters. The molecule has 0 amide bonds. The summed E-state index contributed by atoms with van der Waals surface area (Å²) in [6, 6.07) is 18.8. The first-order valence-corrected chi connectivity index (χ1v) is 13.7.